The zero-order valence-corrected chi connectivity index (χ0v) is 18.9. The molecule has 2 amide bonds. The van der Waals surface area contributed by atoms with E-state index in [4.69, 9.17) is 46.4 Å². The van der Waals surface area contributed by atoms with E-state index in [-0.39, 0.29) is 11.8 Å². The Labute approximate surface area is 194 Å². The number of hydrogen-bond acceptors (Lipinski definition) is 3. The van der Waals surface area contributed by atoms with E-state index in [0.29, 0.717) is 17.0 Å². The number of aliphatic imine (C=N–C) groups is 1. The molecule has 10 heteroatoms. The number of carbonyl (C=O) groups excluding carboxylic acids is 2. The molecule has 0 aliphatic carbocycles. The molecule has 0 spiro atoms. The largest absolute Gasteiger partial charge is 0.352 e. The van der Waals surface area contributed by atoms with Crippen LogP contribution in [-0.4, -0.2) is 39.7 Å². The van der Waals surface area contributed by atoms with Crippen LogP contribution in [0.1, 0.15) is 27.6 Å². The van der Waals surface area contributed by atoms with Crippen LogP contribution in [0.2, 0.25) is 0 Å². The lowest BCUT2D eigenvalue weighted by atomic mass is 10.2. The van der Waals surface area contributed by atoms with Gasteiger partial charge >= 0.3 is 0 Å². The first-order valence-corrected chi connectivity index (χ1v) is 10.6. The number of nitrogens with one attached hydrogen (secondary N) is 3. The average molecular weight is 490 g/mol. The summed E-state index contributed by atoms with van der Waals surface area (Å²) in [5, 5.41) is 8.23. The zero-order chi connectivity index (χ0) is 22.1. The van der Waals surface area contributed by atoms with Crippen molar-refractivity contribution in [3.8, 4) is 0 Å². The fraction of sp³-hybridized carbons (Fsp3) is 0.250. The Balaban J connectivity index is 2.07. The molecule has 2 atom stereocenters. The maximum Gasteiger partial charge on any atom is 0.252 e. The molecule has 0 bridgehead atoms. The Morgan fingerprint density at radius 3 is 1.63 bits per heavy atom. The minimum absolute atomic E-state index is 0.310. The summed E-state index contributed by atoms with van der Waals surface area (Å²) in [4.78, 5) is 27.0. The number of alkyl halides is 4. The first kappa shape index (κ1) is 24.3. The third-order valence-electron chi connectivity index (χ3n) is 3.83. The van der Waals surface area contributed by atoms with Gasteiger partial charge in [0.15, 0.2) is 6.17 Å². The zero-order valence-electron chi connectivity index (χ0n) is 15.9. The first-order chi connectivity index (χ1) is 14.3. The van der Waals surface area contributed by atoms with Gasteiger partial charge in [-0.05, 0) is 31.2 Å². The number of nitrogens with zero attached hydrogens (tertiary/aromatic N) is 1. The topological polar surface area (TPSA) is 82.6 Å². The molecule has 0 aliphatic rings. The second-order valence-electron chi connectivity index (χ2n) is 6.13. The second kappa shape index (κ2) is 12.0. The van der Waals surface area contributed by atoms with Gasteiger partial charge in [-0.2, -0.15) is 0 Å². The monoisotopic (exact) mass is 488 g/mol. The van der Waals surface area contributed by atoms with E-state index in [1.807, 2.05) is 0 Å². The molecule has 3 N–H and O–H groups in total. The summed E-state index contributed by atoms with van der Waals surface area (Å²) in [6.07, 6.45) is -1.79. The van der Waals surface area contributed by atoms with Crippen molar-refractivity contribution in [1.82, 2.24) is 16.0 Å². The molecule has 0 fully saturated rings. The highest BCUT2D eigenvalue weighted by Crippen LogP contribution is 2.12. The van der Waals surface area contributed by atoms with Gasteiger partial charge in [0.05, 0.1) is 5.84 Å². The Morgan fingerprint density at radius 2 is 1.20 bits per heavy atom. The van der Waals surface area contributed by atoms with E-state index in [0.717, 1.165) is 0 Å². The molecule has 0 saturated heterocycles. The van der Waals surface area contributed by atoms with E-state index >= 15 is 0 Å². The summed E-state index contributed by atoms with van der Waals surface area (Å²) in [5.74, 6) is -0.442. The molecular weight excluding hydrogens is 470 g/mol. The predicted octanol–water partition coefficient (Wildman–Crippen LogP) is 4.11. The van der Waals surface area contributed by atoms with Crippen LogP contribution >= 0.6 is 46.4 Å². The van der Waals surface area contributed by atoms with Crippen molar-refractivity contribution >= 4 is 64.1 Å². The number of amidine groups is 1. The Hall–Kier alpha value is -1.99. The molecule has 2 aromatic carbocycles. The Morgan fingerprint density at radius 1 is 0.733 bits per heavy atom. The van der Waals surface area contributed by atoms with Crippen LogP contribution in [0.4, 0.5) is 0 Å². The van der Waals surface area contributed by atoms with Crippen LogP contribution in [-0.2, 0) is 0 Å². The lowest BCUT2D eigenvalue weighted by Crippen LogP contribution is -2.52. The standard InChI is InChI=1S/C20H20Cl4N4O2/c1-12(25-17(15(21)22)27-19(29)13-8-4-2-5-9-13)26-18(16(23)24)28-20(30)14-10-6-3-7-11-14/h2-11,15-18H,1H3,(H,25,26)(H,27,29)(H,28,30). The van der Waals surface area contributed by atoms with Crippen molar-refractivity contribution in [2.45, 2.75) is 28.9 Å². The van der Waals surface area contributed by atoms with Crippen molar-refractivity contribution in [3.05, 3.63) is 71.8 Å². The molecular formula is C20H20Cl4N4O2. The normalized spacial score (nSPS) is 13.6. The third kappa shape index (κ3) is 7.69. The van der Waals surface area contributed by atoms with Crippen LogP contribution in [0, 0.1) is 0 Å². The minimum Gasteiger partial charge on any atom is -0.352 e. The SMILES string of the molecule is C/C(=N/C(NC(=O)c1ccccc1)C(Cl)Cl)NC(NC(=O)c1ccccc1)C(Cl)Cl. The summed E-state index contributed by atoms with van der Waals surface area (Å²) >= 11 is 23.9. The number of benzene rings is 2. The van der Waals surface area contributed by atoms with Gasteiger partial charge in [0.1, 0.15) is 15.8 Å². The van der Waals surface area contributed by atoms with Crippen molar-refractivity contribution in [2.24, 2.45) is 4.99 Å². The van der Waals surface area contributed by atoms with Crippen molar-refractivity contribution < 1.29 is 9.59 Å². The smallest absolute Gasteiger partial charge is 0.252 e. The summed E-state index contributed by atoms with van der Waals surface area (Å²) in [6, 6.07) is 17.2. The highest BCUT2D eigenvalue weighted by molar-refractivity contribution is 6.45. The van der Waals surface area contributed by atoms with E-state index in [2.05, 4.69) is 20.9 Å². The van der Waals surface area contributed by atoms with Gasteiger partial charge in [-0.15, -0.1) is 46.4 Å². The molecule has 0 heterocycles. The number of rotatable bonds is 8. The first-order valence-electron chi connectivity index (χ1n) is 8.87. The number of halogens is 4. The van der Waals surface area contributed by atoms with E-state index in [1.165, 1.54) is 0 Å². The van der Waals surface area contributed by atoms with Crippen LogP contribution in [0.15, 0.2) is 65.7 Å². The minimum atomic E-state index is -1.02. The predicted molar refractivity (Wildman–Crippen MR) is 123 cm³/mol. The van der Waals surface area contributed by atoms with Crippen molar-refractivity contribution in [1.29, 1.82) is 0 Å². The summed E-state index contributed by atoms with van der Waals surface area (Å²) < 4.78 is 0. The lowest BCUT2D eigenvalue weighted by Gasteiger charge is -2.23. The fourth-order valence-electron chi connectivity index (χ4n) is 2.41. The summed E-state index contributed by atoms with van der Waals surface area (Å²) in [5.41, 5.74) is 0.884. The maximum absolute atomic E-state index is 12.4. The average Bonchev–Trinajstić information content (AvgIpc) is 2.73. The molecule has 160 valence electrons. The molecule has 2 unspecified atom stereocenters. The van der Waals surface area contributed by atoms with Gasteiger partial charge < -0.3 is 16.0 Å². The Bertz CT molecular complexity index is 864. The molecule has 30 heavy (non-hydrogen) atoms. The van der Waals surface area contributed by atoms with Gasteiger partial charge in [-0.1, -0.05) is 36.4 Å². The Kier molecular flexibility index (Phi) is 9.72. The van der Waals surface area contributed by atoms with Crippen LogP contribution in [0.3, 0.4) is 0 Å². The van der Waals surface area contributed by atoms with Gasteiger partial charge in [-0.25, -0.2) is 4.99 Å². The van der Waals surface area contributed by atoms with Crippen molar-refractivity contribution in [2.75, 3.05) is 0 Å². The van der Waals surface area contributed by atoms with Gasteiger partial charge in [0.25, 0.3) is 11.8 Å². The van der Waals surface area contributed by atoms with E-state index in [1.54, 1.807) is 67.6 Å². The highest BCUT2D eigenvalue weighted by Gasteiger charge is 2.23. The van der Waals surface area contributed by atoms with Crippen LogP contribution < -0.4 is 16.0 Å². The van der Waals surface area contributed by atoms with Gasteiger partial charge in [0.2, 0.25) is 0 Å². The number of amides is 2. The summed E-state index contributed by atoms with van der Waals surface area (Å²) in [6.45, 7) is 1.61. The van der Waals surface area contributed by atoms with Crippen LogP contribution in [0.25, 0.3) is 0 Å². The van der Waals surface area contributed by atoms with Gasteiger partial charge in [-0.3, -0.25) is 9.59 Å². The summed E-state index contributed by atoms with van der Waals surface area (Å²) in [7, 11) is 0. The molecule has 0 aromatic heterocycles. The fourth-order valence-corrected chi connectivity index (χ4v) is 2.90. The maximum atomic E-state index is 12.4. The second-order valence-corrected chi connectivity index (χ2v) is 8.46. The van der Waals surface area contributed by atoms with Gasteiger partial charge in [0, 0.05) is 11.1 Å². The van der Waals surface area contributed by atoms with E-state index < -0.39 is 22.0 Å². The van der Waals surface area contributed by atoms with E-state index in [9.17, 15) is 9.59 Å². The number of hydrogen-bond donors (Lipinski definition) is 3. The van der Waals surface area contributed by atoms with Crippen molar-refractivity contribution in [3.63, 3.8) is 0 Å². The molecule has 2 rings (SSSR count). The molecule has 0 aliphatic heterocycles. The molecule has 2 aromatic rings. The molecule has 0 radical (unpaired) electrons. The third-order valence-corrected chi connectivity index (χ3v) is 4.81. The molecule has 6 nitrogen and oxygen atoms in total. The lowest BCUT2D eigenvalue weighted by molar-refractivity contribution is 0.0931. The highest BCUT2D eigenvalue weighted by atomic mass is 35.5. The number of carbonyl (C=O) groups is 2. The quantitative estimate of drug-likeness (QED) is 0.226. The molecule has 0 saturated carbocycles. The van der Waals surface area contributed by atoms with Crippen LogP contribution in [0.5, 0.6) is 0 Å².